The number of anilines is 1. The zero-order valence-electron chi connectivity index (χ0n) is 15.6. The summed E-state index contributed by atoms with van der Waals surface area (Å²) < 4.78 is 0. The maximum Gasteiger partial charge on any atom is 0.0462 e. The van der Waals surface area contributed by atoms with Crippen molar-refractivity contribution in [3.63, 3.8) is 0 Å². The summed E-state index contributed by atoms with van der Waals surface area (Å²) in [4.78, 5) is 5.49. The van der Waals surface area contributed by atoms with Crippen LogP contribution in [-0.2, 0) is 0 Å². The second-order valence-electron chi connectivity index (χ2n) is 8.18. The van der Waals surface area contributed by atoms with Gasteiger partial charge in [-0.05, 0) is 65.5 Å². The summed E-state index contributed by atoms with van der Waals surface area (Å²) in [6.45, 7) is 2.34. The predicted octanol–water partition coefficient (Wildman–Crippen LogP) is 6.85. The molecule has 1 aromatic rings. The Balaban J connectivity index is 1.47. The molecule has 0 radical (unpaired) electrons. The number of thioether (sulfide) groups is 1. The van der Waals surface area contributed by atoms with Gasteiger partial charge in [-0.25, -0.2) is 0 Å². The Bertz CT molecular complexity index is 1020. The van der Waals surface area contributed by atoms with Crippen molar-refractivity contribution in [2.75, 3.05) is 4.90 Å². The molecule has 1 aromatic carbocycles. The Hall–Kier alpha value is -2.19. The molecule has 0 spiro atoms. The molecular formula is C25H23NS. The number of hydrogen-bond donors (Lipinski definition) is 0. The van der Waals surface area contributed by atoms with E-state index in [1.807, 2.05) is 11.8 Å². The third-order valence-electron chi connectivity index (χ3n) is 6.42. The standard InChI is InChI=1S/C25H23NS/c1-16-10-12-23-20(14-16)18-6-2-4-8-22(18)26(23)17-11-13-25-21(15-17)19-7-3-5-9-24(19)27-25/h2-5,8-9,11-16,18-19H,6-7,10H2,1H3. The molecule has 6 rings (SSSR count). The van der Waals surface area contributed by atoms with E-state index in [0.29, 0.717) is 17.8 Å². The fourth-order valence-electron chi connectivity index (χ4n) is 5.11. The van der Waals surface area contributed by atoms with Gasteiger partial charge in [0.25, 0.3) is 0 Å². The van der Waals surface area contributed by atoms with Crippen molar-refractivity contribution in [3.8, 4) is 0 Å². The monoisotopic (exact) mass is 369 g/mol. The summed E-state index contributed by atoms with van der Waals surface area (Å²) in [6, 6.07) is 7.14. The fraction of sp³-hybridized carbons (Fsp3) is 0.280. The van der Waals surface area contributed by atoms with Gasteiger partial charge >= 0.3 is 0 Å². The van der Waals surface area contributed by atoms with Gasteiger partial charge in [0.2, 0.25) is 0 Å². The van der Waals surface area contributed by atoms with Crippen molar-refractivity contribution in [2.24, 2.45) is 11.8 Å². The first kappa shape index (κ1) is 15.8. The highest BCUT2D eigenvalue weighted by Gasteiger charge is 2.39. The van der Waals surface area contributed by atoms with Crippen LogP contribution in [0, 0.1) is 11.8 Å². The summed E-state index contributed by atoms with van der Waals surface area (Å²) in [5, 5.41) is 0. The normalized spacial score (nSPS) is 30.0. The zero-order valence-corrected chi connectivity index (χ0v) is 16.4. The van der Waals surface area contributed by atoms with Crippen LogP contribution in [0.5, 0.6) is 0 Å². The predicted molar refractivity (Wildman–Crippen MR) is 115 cm³/mol. The zero-order chi connectivity index (χ0) is 18.0. The lowest BCUT2D eigenvalue weighted by atomic mass is 9.86. The van der Waals surface area contributed by atoms with Crippen molar-refractivity contribution in [3.05, 3.63) is 94.2 Å². The van der Waals surface area contributed by atoms with Gasteiger partial charge < -0.3 is 4.90 Å². The molecular weight excluding hydrogens is 346 g/mol. The molecule has 0 bridgehead atoms. The molecule has 3 aliphatic carbocycles. The molecule has 134 valence electrons. The Morgan fingerprint density at radius 3 is 2.78 bits per heavy atom. The maximum atomic E-state index is 2.54. The number of allylic oxidation sites excluding steroid dienone is 11. The van der Waals surface area contributed by atoms with E-state index in [2.05, 4.69) is 78.6 Å². The minimum absolute atomic E-state index is 0.528. The molecule has 5 aliphatic rings. The molecule has 2 heteroatoms. The summed E-state index contributed by atoms with van der Waals surface area (Å²) in [5.74, 6) is 1.73. The Morgan fingerprint density at radius 2 is 1.85 bits per heavy atom. The summed E-state index contributed by atoms with van der Waals surface area (Å²) in [6.07, 6.45) is 22.1. The van der Waals surface area contributed by atoms with Crippen LogP contribution < -0.4 is 4.90 Å². The van der Waals surface area contributed by atoms with Crippen molar-refractivity contribution in [2.45, 2.75) is 37.0 Å². The molecule has 0 amide bonds. The van der Waals surface area contributed by atoms with E-state index >= 15 is 0 Å². The summed E-state index contributed by atoms with van der Waals surface area (Å²) in [5.41, 5.74) is 7.27. The molecule has 1 saturated heterocycles. The first-order chi connectivity index (χ1) is 13.3. The molecule has 3 atom stereocenters. The number of benzene rings is 1. The Morgan fingerprint density at radius 1 is 1.00 bits per heavy atom. The molecule has 0 aromatic heterocycles. The first-order valence-corrected chi connectivity index (χ1v) is 10.9. The van der Waals surface area contributed by atoms with Crippen LogP contribution in [0.1, 0.15) is 37.7 Å². The van der Waals surface area contributed by atoms with Gasteiger partial charge in [0.15, 0.2) is 0 Å². The van der Waals surface area contributed by atoms with E-state index in [9.17, 15) is 0 Å². The highest BCUT2D eigenvalue weighted by molar-refractivity contribution is 8.03. The van der Waals surface area contributed by atoms with Crippen LogP contribution in [0.25, 0.3) is 0 Å². The third-order valence-corrected chi connectivity index (χ3v) is 7.66. The molecule has 27 heavy (non-hydrogen) atoms. The largest absolute Gasteiger partial charge is 0.314 e. The van der Waals surface area contributed by atoms with Crippen LogP contribution in [0.4, 0.5) is 5.69 Å². The molecule has 0 saturated carbocycles. The lowest BCUT2D eigenvalue weighted by Gasteiger charge is -2.26. The molecule has 2 aliphatic heterocycles. The van der Waals surface area contributed by atoms with Crippen LogP contribution in [0.3, 0.4) is 0 Å². The molecule has 0 N–H and O–H groups in total. The highest BCUT2D eigenvalue weighted by atomic mass is 32.2. The molecule has 3 unspecified atom stereocenters. The van der Waals surface area contributed by atoms with E-state index in [0.717, 1.165) is 19.3 Å². The topological polar surface area (TPSA) is 3.24 Å². The number of rotatable bonds is 1. The van der Waals surface area contributed by atoms with Crippen molar-refractivity contribution < 1.29 is 0 Å². The van der Waals surface area contributed by atoms with Gasteiger partial charge in [-0.2, -0.15) is 0 Å². The van der Waals surface area contributed by atoms with E-state index in [-0.39, 0.29) is 0 Å². The minimum Gasteiger partial charge on any atom is -0.314 e. The third kappa shape index (κ3) is 2.32. The fourth-order valence-corrected chi connectivity index (χ4v) is 6.34. The van der Waals surface area contributed by atoms with Crippen molar-refractivity contribution >= 4 is 17.4 Å². The Kier molecular flexibility index (Phi) is 3.46. The number of fused-ring (bicyclic) bond motifs is 6. The van der Waals surface area contributed by atoms with Crippen LogP contribution in [0.2, 0.25) is 0 Å². The van der Waals surface area contributed by atoms with Gasteiger partial charge in [-0.3, -0.25) is 0 Å². The van der Waals surface area contributed by atoms with Crippen LogP contribution in [-0.4, -0.2) is 0 Å². The lowest BCUT2D eigenvalue weighted by Crippen LogP contribution is -2.18. The summed E-state index contributed by atoms with van der Waals surface area (Å²) in [7, 11) is 0. The molecule has 2 heterocycles. The average Bonchev–Trinajstić information content (AvgIpc) is 3.23. The van der Waals surface area contributed by atoms with Crippen LogP contribution in [0.15, 0.2) is 93.6 Å². The lowest BCUT2D eigenvalue weighted by molar-refractivity contribution is 0.691. The molecule has 1 fully saturated rings. The van der Waals surface area contributed by atoms with E-state index in [1.165, 1.54) is 32.4 Å². The van der Waals surface area contributed by atoms with Gasteiger partial charge in [0, 0.05) is 33.8 Å². The highest BCUT2D eigenvalue weighted by Crippen LogP contribution is 2.54. The van der Waals surface area contributed by atoms with Crippen LogP contribution >= 0.6 is 11.8 Å². The van der Waals surface area contributed by atoms with Crippen molar-refractivity contribution in [1.29, 1.82) is 0 Å². The quantitative estimate of drug-likeness (QED) is 0.532. The second-order valence-corrected chi connectivity index (χ2v) is 9.29. The van der Waals surface area contributed by atoms with Gasteiger partial charge in [0.05, 0.1) is 0 Å². The SMILES string of the molecule is CC1C=C2C(=CC1)N(c1ccc3c(c1)C1CC=CC=C1S3)C1=CC=CCC21. The number of nitrogens with zero attached hydrogens (tertiary/aromatic N) is 1. The van der Waals surface area contributed by atoms with Crippen molar-refractivity contribution in [1.82, 2.24) is 0 Å². The minimum atomic E-state index is 0.528. The average molecular weight is 370 g/mol. The van der Waals surface area contributed by atoms with E-state index in [4.69, 9.17) is 0 Å². The van der Waals surface area contributed by atoms with Gasteiger partial charge in [-0.15, -0.1) is 0 Å². The van der Waals surface area contributed by atoms with E-state index in [1.54, 1.807) is 5.57 Å². The molecule has 1 nitrogen and oxygen atoms in total. The maximum absolute atomic E-state index is 2.54. The second kappa shape index (κ2) is 5.90. The Labute approximate surface area is 165 Å². The van der Waals surface area contributed by atoms with Gasteiger partial charge in [-0.1, -0.05) is 61.2 Å². The first-order valence-electron chi connectivity index (χ1n) is 10.1. The number of hydrogen-bond acceptors (Lipinski definition) is 2. The van der Waals surface area contributed by atoms with Gasteiger partial charge in [0.1, 0.15) is 0 Å². The summed E-state index contributed by atoms with van der Waals surface area (Å²) >= 11 is 1.96. The smallest absolute Gasteiger partial charge is 0.0462 e. The van der Waals surface area contributed by atoms with E-state index < -0.39 is 0 Å².